The minimum Gasteiger partial charge on any atom is -0.352 e. The number of urea groups is 1. The average molecular weight is 321 g/mol. The molecule has 0 bridgehead atoms. The van der Waals surface area contributed by atoms with Crippen molar-refractivity contribution in [2.24, 2.45) is 5.73 Å². The van der Waals surface area contributed by atoms with Gasteiger partial charge in [-0.3, -0.25) is 4.79 Å². The summed E-state index contributed by atoms with van der Waals surface area (Å²) >= 11 is 1.49. The number of hydrogen-bond donors (Lipinski definition) is 3. The van der Waals surface area contributed by atoms with Crippen molar-refractivity contribution < 1.29 is 9.59 Å². The van der Waals surface area contributed by atoms with E-state index in [4.69, 9.17) is 5.73 Å². The Hall–Kier alpha value is -1.31. The summed E-state index contributed by atoms with van der Waals surface area (Å²) in [5.74, 6) is -0.0256. The molecule has 3 amide bonds. The first kappa shape index (κ1) is 18.7. The lowest BCUT2D eigenvalue weighted by molar-refractivity contribution is -0.130. The Kier molecular flexibility index (Phi) is 8.94. The second-order valence-electron chi connectivity index (χ2n) is 4.20. The zero-order chi connectivity index (χ0) is 14.3. The molecule has 8 heteroatoms. The number of hydrogen-bond acceptors (Lipinski definition) is 4. The molecule has 0 fully saturated rings. The fourth-order valence-corrected chi connectivity index (χ4v) is 2.40. The Morgan fingerprint density at radius 1 is 1.50 bits per heavy atom. The van der Waals surface area contributed by atoms with Crippen LogP contribution >= 0.6 is 23.7 Å². The number of nitrogens with zero attached hydrogens (tertiary/aromatic N) is 1. The van der Waals surface area contributed by atoms with Gasteiger partial charge in [-0.1, -0.05) is 6.07 Å². The van der Waals surface area contributed by atoms with Crippen molar-refractivity contribution >= 4 is 35.7 Å². The van der Waals surface area contributed by atoms with Crippen LogP contribution in [0.3, 0.4) is 0 Å². The summed E-state index contributed by atoms with van der Waals surface area (Å²) in [5, 5.41) is 7.50. The van der Waals surface area contributed by atoms with Gasteiger partial charge in [0.05, 0.1) is 12.5 Å². The number of likely N-dealkylation sites (N-methyl/N-ethyl adjacent to an activating group) is 2. The number of nitrogens with one attached hydrogen (secondary N) is 2. The summed E-state index contributed by atoms with van der Waals surface area (Å²) in [4.78, 5) is 25.6. The first-order valence-corrected chi connectivity index (χ1v) is 6.90. The van der Waals surface area contributed by atoms with Gasteiger partial charge in [0.1, 0.15) is 0 Å². The van der Waals surface area contributed by atoms with Crippen LogP contribution in [0.5, 0.6) is 0 Å². The van der Waals surface area contributed by atoms with Gasteiger partial charge in [0, 0.05) is 25.0 Å². The van der Waals surface area contributed by atoms with Crippen LogP contribution in [0, 0.1) is 0 Å². The van der Waals surface area contributed by atoms with Crippen LogP contribution in [0.25, 0.3) is 0 Å². The maximum absolute atomic E-state index is 12.0. The molecule has 0 radical (unpaired) electrons. The van der Waals surface area contributed by atoms with E-state index in [0.717, 1.165) is 11.4 Å². The zero-order valence-electron chi connectivity index (χ0n) is 11.6. The highest BCUT2D eigenvalue weighted by Gasteiger charge is 2.20. The lowest BCUT2D eigenvalue weighted by atomic mass is 10.1. The average Bonchev–Trinajstić information content (AvgIpc) is 2.88. The van der Waals surface area contributed by atoms with Gasteiger partial charge in [0.2, 0.25) is 5.91 Å². The van der Waals surface area contributed by atoms with Gasteiger partial charge in [-0.15, -0.1) is 23.7 Å². The van der Waals surface area contributed by atoms with Gasteiger partial charge in [-0.25, -0.2) is 4.79 Å². The summed E-state index contributed by atoms with van der Waals surface area (Å²) in [6, 6.07) is 2.78. The molecule has 20 heavy (non-hydrogen) atoms. The Bertz CT molecular complexity index is 414. The van der Waals surface area contributed by atoms with Crippen molar-refractivity contribution in [3.05, 3.63) is 22.4 Å². The van der Waals surface area contributed by atoms with E-state index in [2.05, 4.69) is 10.6 Å². The smallest absolute Gasteiger partial charge is 0.312 e. The normalized spacial score (nSPS) is 11.3. The summed E-state index contributed by atoms with van der Waals surface area (Å²) in [5.41, 5.74) is 5.15. The van der Waals surface area contributed by atoms with E-state index in [9.17, 15) is 9.59 Å². The van der Waals surface area contributed by atoms with Crippen molar-refractivity contribution in [1.82, 2.24) is 15.5 Å². The summed E-state index contributed by atoms with van der Waals surface area (Å²) in [7, 11) is 3.58. The lowest BCUT2D eigenvalue weighted by Crippen LogP contribution is -2.38. The van der Waals surface area contributed by atoms with Crippen molar-refractivity contribution in [2.75, 3.05) is 27.2 Å². The maximum Gasteiger partial charge on any atom is 0.312 e. The second-order valence-corrected chi connectivity index (χ2v) is 5.18. The topological polar surface area (TPSA) is 87.5 Å². The molecule has 1 atom stereocenters. The van der Waals surface area contributed by atoms with Gasteiger partial charge >= 0.3 is 6.03 Å². The Balaban J connectivity index is 0.00000361. The number of carbonyl (C=O) groups excluding carboxylic acids is 2. The molecule has 1 aromatic rings. The molecule has 0 spiro atoms. The van der Waals surface area contributed by atoms with Crippen LogP contribution in [0.1, 0.15) is 17.3 Å². The Morgan fingerprint density at radius 2 is 2.20 bits per heavy atom. The van der Waals surface area contributed by atoms with E-state index < -0.39 is 6.03 Å². The zero-order valence-corrected chi connectivity index (χ0v) is 13.2. The molecule has 4 N–H and O–H groups in total. The SMILES string of the molecule is CNCCN(C)C(=O)CC(NC(N)=O)c1cccs1.Cl. The van der Waals surface area contributed by atoms with Crippen molar-refractivity contribution in [3.63, 3.8) is 0 Å². The number of nitrogens with two attached hydrogens (primary N) is 1. The largest absolute Gasteiger partial charge is 0.352 e. The van der Waals surface area contributed by atoms with Gasteiger partial charge < -0.3 is 21.3 Å². The number of amides is 3. The monoisotopic (exact) mass is 320 g/mol. The Labute approximate surface area is 129 Å². The van der Waals surface area contributed by atoms with E-state index in [1.165, 1.54) is 11.3 Å². The summed E-state index contributed by atoms with van der Waals surface area (Å²) in [6.07, 6.45) is 0.212. The molecular weight excluding hydrogens is 300 g/mol. The highest BCUT2D eigenvalue weighted by molar-refractivity contribution is 7.10. The Morgan fingerprint density at radius 3 is 2.70 bits per heavy atom. The van der Waals surface area contributed by atoms with Gasteiger partial charge in [-0.05, 0) is 18.5 Å². The molecular formula is C12H21ClN4O2S. The number of halogens is 1. The lowest BCUT2D eigenvalue weighted by Gasteiger charge is -2.21. The highest BCUT2D eigenvalue weighted by Crippen LogP contribution is 2.22. The third-order valence-corrected chi connectivity index (χ3v) is 3.69. The van der Waals surface area contributed by atoms with E-state index in [1.54, 1.807) is 11.9 Å². The summed E-state index contributed by atoms with van der Waals surface area (Å²) < 4.78 is 0. The molecule has 1 unspecified atom stereocenters. The molecule has 0 aliphatic rings. The molecule has 0 saturated heterocycles. The fourth-order valence-electron chi connectivity index (χ4n) is 1.62. The predicted octanol–water partition coefficient (Wildman–Crippen LogP) is 0.947. The van der Waals surface area contributed by atoms with Crippen LogP contribution in [0.4, 0.5) is 4.79 Å². The maximum atomic E-state index is 12.0. The van der Waals surface area contributed by atoms with E-state index in [1.807, 2.05) is 24.6 Å². The van der Waals surface area contributed by atoms with E-state index >= 15 is 0 Å². The first-order chi connectivity index (χ1) is 9.04. The standard InChI is InChI=1S/C12H20N4O2S.ClH/c1-14-5-6-16(2)11(17)8-9(15-12(13)18)10-4-3-7-19-10;/h3-4,7,9,14H,5-6,8H2,1-2H3,(H3,13,15,18);1H. The first-order valence-electron chi connectivity index (χ1n) is 6.02. The molecule has 114 valence electrons. The van der Waals surface area contributed by atoms with E-state index in [0.29, 0.717) is 6.54 Å². The number of primary amides is 1. The second kappa shape index (κ2) is 9.57. The van der Waals surface area contributed by atoms with Crippen LogP contribution in [-0.4, -0.2) is 44.0 Å². The molecule has 1 rings (SSSR count). The molecule has 0 aliphatic carbocycles. The van der Waals surface area contributed by atoms with Crippen LogP contribution in [-0.2, 0) is 4.79 Å². The van der Waals surface area contributed by atoms with Gasteiger partial charge in [-0.2, -0.15) is 0 Å². The summed E-state index contributed by atoms with van der Waals surface area (Å²) in [6.45, 7) is 1.36. The molecule has 1 aromatic heterocycles. The minimum absolute atomic E-state index is 0. The van der Waals surface area contributed by atoms with Gasteiger partial charge in [0.25, 0.3) is 0 Å². The molecule has 0 aromatic carbocycles. The predicted molar refractivity (Wildman–Crippen MR) is 83.2 cm³/mol. The van der Waals surface area contributed by atoms with Crippen LogP contribution in [0.15, 0.2) is 17.5 Å². The van der Waals surface area contributed by atoms with Crippen LogP contribution < -0.4 is 16.4 Å². The van der Waals surface area contributed by atoms with E-state index in [-0.39, 0.29) is 30.8 Å². The molecule has 0 aliphatic heterocycles. The van der Waals surface area contributed by atoms with Crippen molar-refractivity contribution in [1.29, 1.82) is 0 Å². The number of carbonyl (C=O) groups is 2. The van der Waals surface area contributed by atoms with Crippen molar-refractivity contribution in [3.8, 4) is 0 Å². The minimum atomic E-state index is -0.621. The third kappa shape index (κ3) is 6.23. The van der Waals surface area contributed by atoms with Gasteiger partial charge in [0.15, 0.2) is 0 Å². The van der Waals surface area contributed by atoms with Crippen molar-refractivity contribution in [2.45, 2.75) is 12.5 Å². The molecule has 1 heterocycles. The number of thiophene rings is 1. The number of rotatable bonds is 7. The fraction of sp³-hybridized carbons (Fsp3) is 0.500. The third-order valence-electron chi connectivity index (χ3n) is 2.70. The molecule has 0 saturated carbocycles. The highest BCUT2D eigenvalue weighted by atomic mass is 35.5. The quantitative estimate of drug-likeness (QED) is 0.699. The molecule has 6 nitrogen and oxygen atoms in total. The van der Waals surface area contributed by atoms with Crippen LogP contribution in [0.2, 0.25) is 0 Å².